The standard InChI is InChI=1S/C8H15N3O4.C4H10BO/c9-5(3-12)7(13)11-4-1-6(8(14)15)10-2-4;1-2-3-4-5-6/h4-6,10,12H,1-3,9H2,(H,11,13)(H,14,15);6H,2-4H2,1H3. The van der Waals surface area contributed by atoms with Crippen LogP contribution in [0.2, 0.25) is 6.32 Å². The molecule has 9 heteroatoms. The second-order valence-electron chi connectivity index (χ2n) is 4.85. The molecular formula is C12H25BN3O5. The van der Waals surface area contributed by atoms with Crippen molar-refractivity contribution in [1.82, 2.24) is 10.6 Å². The maximum atomic E-state index is 11.2. The SMILES string of the molecule is CCCC[B]O.NC(CO)C(=O)NC1CNC(C(=O)O)C1. The minimum Gasteiger partial charge on any atom is -0.480 e. The molecular weight excluding hydrogens is 277 g/mol. The van der Waals surface area contributed by atoms with Gasteiger partial charge in [0.05, 0.1) is 6.61 Å². The number of carbonyl (C=O) groups excluding carboxylic acids is 1. The minimum atomic E-state index is -0.950. The molecule has 0 spiro atoms. The molecule has 1 aliphatic rings. The number of unbranched alkanes of at least 4 members (excludes halogenated alkanes) is 1. The summed E-state index contributed by atoms with van der Waals surface area (Å²) < 4.78 is 0. The molecule has 1 rings (SSSR count). The highest BCUT2D eigenvalue weighted by Crippen LogP contribution is 2.06. The first-order valence-corrected chi connectivity index (χ1v) is 7.05. The molecule has 0 saturated carbocycles. The van der Waals surface area contributed by atoms with Crippen molar-refractivity contribution in [3.63, 3.8) is 0 Å². The summed E-state index contributed by atoms with van der Waals surface area (Å²) >= 11 is 0. The molecule has 3 unspecified atom stereocenters. The van der Waals surface area contributed by atoms with Gasteiger partial charge in [-0.25, -0.2) is 0 Å². The zero-order chi connectivity index (χ0) is 16.3. The molecule has 0 aromatic heterocycles. The summed E-state index contributed by atoms with van der Waals surface area (Å²) in [7, 11) is 1.21. The molecule has 1 fully saturated rings. The van der Waals surface area contributed by atoms with Gasteiger partial charge < -0.3 is 31.6 Å². The van der Waals surface area contributed by atoms with E-state index >= 15 is 0 Å². The molecule has 0 aliphatic carbocycles. The van der Waals surface area contributed by atoms with Crippen LogP contribution in [-0.4, -0.2) is 65.9 Å². The van der Waals surface area contributed by atoms with Crippen molar-refractivity contribution < 1.29 is 24.8 Å². The van der Waals surface area contributed by atoms with Crippen LogP contribution in [0.15, 0.2) is 0 Å². The maximum absolute atomic E-state index is 11.2. The largest absolute Gasteiger partial charge is 0.480 e. The average molecular weight is 302 g/mol. The lowest BCUT2D eigenvalue weighted by Crippen LogP contribution is -2.47. The maximum Gasteiger partial charge on any atom is 0.320 e. The molecule has 121 valence electrons. The first kappa shape index (κ1) is 19.8. The Hall–Kier alpha value is -1.16. The van der Waals surface area contributed by atoms with Gasteiger partial charge in [0, 0.05) is 12.6 Å². The molecule has 21 heavy (non-hydrogen) atoms. The van der Waals surface area contributed by atoms with E-state index in [1.54, 1.807) is 0 Å². The molecule has 1 heterocycles. The highest BCUT2D eigenvalue weighted by Gasteiger charge is 2.30. The van der Waals surface area contributed by atoms with Crippen LogP contribution < -0.4 is 16.4 Å². The third kappa shape index (κ3) is 8.66. The van der Waals surface area contributed by atoms with Crippen molar-refractivity contribution in [2.45, 2.75) is 50.6 Å². The summed E-state index contributed by atoms with van der Waals surface area (Å²) in [6.45, 7) is 2.08. The van der Waals surface area contributed by atoms with Crippen molar-refractivity contribution in [3.8, 4) is 0 Å². The summed E-state index contributed by atoms with van der Waals surface area (Å²) in [4.78, 5) is 21.8. The predicted octanol–water partition coefficient (Wildman–Crippen LogP) is -1.95. The second-order valence-corrected chi connectivity index (χ2v) is 4.85. The fourth-order valence-corrected chi connectivity index (χ4v) is 1.72. The Morgan fingerprint density at radius 3 is 2.57 bits per heavy atom. The summed E-state index contributed by atoms with van der Waals surface area (Å²) in [6.07, 6.45) is 3.45. The number of aliphatic hydroxyl groups excluding tert-OH is 1. The summed E-state index contributed by atoms with van der Waals surface area (Å²) in [5.74, 6) is -1.39. The minimum absolute atomic E-state index is 0.240. The first-order chi connectivity index (χ1) is 9.96. The van der Waals surface area contributed by atoms with E-state index in [0.29, 0.717) is 13.0 Å². The number of hydrogen-bond donors (Lipinski definition) is 6. The van der Waals surface area contributed by atoms with Gasteiger partial charge >= 0.3 is 5.97 Å². The van der Waals surface area contributed by atoms with E-state index in [1.165, 1.54) is 7.48 Å². The third-order valence-electron chi connectivity index (χ3n) is 3.00. The number of amides is 1. The lowest BCUT2D eigenvalue weighted by molar-refractivity contribution is -0.139. The van der Waals surface area contributed by atoms with E-state index in [0.717, 1.165) is 19.2 Å². The van der Waals surface area contributed by atoms with Crippen LogP contribution in [0.3, 0.4) is 0 Å². The predicted molar refractivity (Wildman–Crippen MR) is 78.7 cm³/mol. The Kier molecular flexibility index (Phi) is 10.9. The van der Waals surface area contributed by atoms with Gasteiger partial charge in [0.2, 0.25) is 5.91 Å². The molecule has 8 nitrogen and oxygen atoms in total. The highest BCUT2D eigenvalue weighted by atomic mass is 16.4. The lowest BCUT2D eigenvalue weighted by atomic mass is 9.93. The fourth-order valence-electron chi connectivity index (χ4n) is 1.72. The smallest absolute Gasteiger partial charge is 0.320 e. The Bertz CT molecular complexity index is 315. The van der Waals surface area contributed by atoms with Crippen molar-refractivity contribution in [2.75, 3.05) is 13.2 Å². The van der Waals surface area contributed by atoms with Gasteiger partial charge in [0.15, 0.2) is 0 Å². The molecule has 3 atom stereocenters. The van der Waals surface area contributed by atoms with E-state index < -0.39 is 30.6 Å². The quantitative estimate of drug-likeness (QED) is 0.237. The Labute approximate surface area is 125 Å². The van der Waals surface area contributed by atoms with E-state index in [2.05, 4.69) is 17.6 Å². The lowest BCUT2D eigenvalue weighted by Gasteiger charge is -2.14. The van der Waals surface area contributed by atoms with Crippen LogP contribution in [0.1, 0.15) is 26.2 Å². The molecule has 0 bridgehead atoms. The molecule has 1 amide bonds. The van der Waals surface area contributed by atoms with Crippen LogP contribution in [0, 0.1) is 0 Å². The van der Waals surface area contributed by atoms with E-state index in [-0.39, 0.29) is 6.04 Å². The number of aliphatic hydroxyl groups is 1. The van der Waals surface area contributed by atoms with Crippen LogP contribution in [-0.2, 0) is 9.59 Å². The van der Waals surface area contributed by atoms with Gasteiger partial charge in [-0.2, -0.15) is 0 Å². The second kappa shape index (κ2) is 11.5. The number of carbonyl (C=O) groups is 2. The number of nitrogens with two attached hydrogens (primary N) is 1. The number of aliphatic carboxylic acids is 1. The topological polar surface area (TPSA) is 145 Å². The van der Waals surface area contributed by atoms with Crippen molar-refractivity contribution in [2.24, 2.45) is 5.73 Å². The number of carboxylic acid groups (broad SMARTS) is 1. The normalized spacial score (nSPS) is 21.9. The molecule has 1 radical (unpaired) electrons. The van der Waals surface area contributed by atoms with Crippen molar-refractivity contribution >= 4 is 19.4 Å². The first-order valence-electron chi connectivity index (χ1n) is 7.05. The number of carboxylic acids is 1. The van der Waals surface area contributed by atoms with Crippen molar-refractivity contribution in [3.05, 3.63) is 0 Å². The van der Waals surface area contributed by atoms with Crippen LogP contribution >= 0.6 is 0 Å². The number of nitrogens with one attached hydrogen (secondary N) is 2. The van der Waals surface area contributed by atoms with E-state index in [1.807, 2.05) is 0 Å². The molecule has 0 aromatic rings. The van der Waals surface area contributed by atoms with Gasteiger partial charge in [-0.1, -0.05) is 26.1 Å². The Morgan fingerprint density at radius 1 is 1.52 bits per heavy atom. The van der Waals surface area contributed by atoms with Gasteiger partial charge in [0.1, 0.15) is 12.1 Å². The average Bonchev–Trinajstić information content (AvgIpc) is 2.93. The highest BCUT2D eigenvalue weighted by molar-refractivity contribution is 6.25. The van der Waals surface area contributed by atoms with Crippen molar-refractivity contribution in [1.29, 1.82) is 0 Å². The zero-order valence-electron chi connectivity index (χ0n) is 12.3. The Balaban J connectivity index is 0.000000567. The van der Waals surface area contributed by atoms with Gasteiger partial charge in [-0.05, 0) is 6.42 Å². The van der Waals surface area contributed by atoms with Crippen LogP contribution in [0.5, 0.6) is 0 Å². The fraction of sp³-hybridized carbons (Fsp3) is 0.833. The van der Waals surface area contributed by atoms with Gasteiger partial charge in [-0.15, -0.1) is 0 Å². The molecule has 0 aromatic carbocycles. The molecule has 1 aliphatic heterocycles. The van der Waals surface area contributed by atoms with Crippen LogP contribution in [0.25, 0.3) is 0 Å². The van der Waals surface area contributed by atoms with E-state index in [4.69, 9.17) is 21.0 Å². The zero-order valence-corrected chi connectivity index (χ0v) is 12.3. The van der Waals surface area contributed by atoms with Gasteiger partial charge in [-0.3, -0.25) is 9.59 Å². The monoisotopic (exact) mass is 302 g/mol. The molecule has 7 N–H and O–H groups in total. The summed E-state index contributed by atoms with van der Waals surface area (Å²) in [6, 6.07) is -1.81. The number of hydrogen-bond acceptors (Lipinski definition) is 6. The van der Waals surface area contributed by atoms with Crippen LogP contribution in [0.4, 0.5) is 0 Å². The van der Waals surface area contributed by atoms with Gasteiger partial charge in [0.25, 0.3) is 7.48 Å². The Morgan fingerprint density at radius 2 is 2.19 bits per heavy atom. The third-order valence-corrected chi connectivity index (χ3v) is 3.00. The molecule has 1 saturated heterocycles. The number of rotatable bonds is 7. The summed E-state index contributed by atoms with van der Waals surface area (Å²) in [5, 5.41) is 30.7. The van der Waals surface area contributed by atoms with E-state index in [9.17, 15) is 9.59 Å². The summed E-state index contributed by atoms with van der Waals surface area (Å²) in [5.41, 5.74) is 5.29.